The van der Waals surface area contributed by atoms with Crippen LogP contribution in [0.2, 0.25) is 0 Å². The van der Waals surface area contributed by atoms with E-state index in [-0.39, 0.29) is 5.56 Å². The molecule has 0 amide bonds. The molecule has 1 rings (SSSR count). The normalized spacial score (nSPS) is 10.2. The molecule has 0 atom stereocenters. The van der Waals surface area contributed by atoms with Crippen molar-refractivity contribution in [1.82, 2.24) is 5.32 Å². The molecule has 1 aromatic carbocycles. The first-order valence-corrected chi connectivity index (χ1v) is 6.79. The lowest BCUT2D eigenvalue weighted by Crippen LogP contribution is -2.23. The monoisotopic (exact) mass is 255 g/mol. The van der Waals surface area contributed by atoms with Crippen molar-refractivity contribution in [1.29, 1.82) is 0 Å². The van der Waals surface area contributed by atoms with Gasteiger partial charge in [0.2, 0.25) is 0 Å². The fourth-order valence-corrected chi connectivity index (χ4v) is 1.58. The van der Waals surface area contributed by atoms with E-state index in [1.165, 1.54) is 0 Å². The van der Waals surface area contributed by atoms with E-state index >= 15 is 0 Å². The molecule has 17 heavy (non-hydrogen) atoms. The molecule has 2 N–H and O–H groups in total. The molecule has 0 aliphatic heterocycles. The maximum atomic E-state index is 10.6. The van der Waals surface area contributed by atoms with Crippen LogP contribution < -0.4 is 10.1 Å². The highest BCUT2D eigenvalue weighted by atomic mass is 32.2. The Morgan fingerprint density at radius 1 is 1.35 bits per heavy atom. The van der Waals surface area contributed by atoms with Gasteiger partial charge >= 0.3 is 5.97 Å². The van der Waals surface area contributed by atoms with Crippen LogP contribution >= 0.6 is 11.8 Å². The third-order valence-corrected chi connectivity index (χ3v) is 2.74. The van der Waals surface area contributed by atoms with Crippen molar-refractivity contribution in [2.75, 3.05) is 31.7 Å². The molecule has 0 saturated carbocycles. The Hall–Kier alpha value is -1.20. The van der Waals surface area contributed by atoms with Crippen molar-refractivity contribution < 1.29 is 14.6 Å². The number of carboxylic acid groups (broad SMARTS) is 1. The Morgan fingerprint density at radius 3 is 2.65 bits per heavy atom. The molecule has 0 aromatic heterocycles. The minimum absolute atomic E-state index is 0.274. The molecular formula is C12H17NO3S. The molecule has 4 nitrogen and oxygen atoms in total. The molecule has 0 aliphatic carbocycles. The van der Waals surface area contributed by atoms with Crippen LogP contribution in [0, 0.1) is 0 Å². The van der Waals surface area contributed by atoms with Crippen molar-refractivity contribution in [3.8, 4) is 5.75 Å². The summed E-state index contributed by atoms with van der Waals surface area (Å²) in [4.78, 5) is 10.6. The van der Waals surface area contributed by atoms with Gasteiger partial charge in [0.25, 0.3) is 0 Å². The lowest BCUT2D eigenvalue weighted by molar-refractivity contribution is 0.0697. The maximum absolute atomic E-state index is 10.6. The molecule has 0 spiro atoms. The van der Waals surface area contributed by atoms with E-state index in [9.17, 15) is 4.79 Å². The molecule has 1 aromatic rings. The van der Waals surface area contributed by atoms with Crippen molar-refractivity contribution in [3.63, 3.8) is 0 Å². The van der Waals surface area contributed by atoms with Gasteiger partial charge in [-0.25, -0.2) is 4.79 Å². The fourth-order valence-electron chi connectivity index (χ4n) is 1.23. The van der Waals surface area contributed by atoms with Crippen LogP contribution in [-0.2, 0) is 0 Å². The minimum Gasteiger partial charge on any atom is -0.492 e. The van der Waals surface area contributed by atoms with E-state index in [1.807, 2.05) is 0 Å². The van der Waals surface area contributed by atoms with Crippen LogP contribution in [0.4, 0.5) is 0 Å². The summed E-state index contributed by atoms with van der Waals surface area (Å²) in [5.74, 6) is 0.866. The summed E-state index contributed by atoms with van der Waals surface area (Å²) in [7, 11) is 0. The zero-order chi connectivity index (χ0) is 12.5. The molecule has 5 heteroatoms. The summed E-state index contributed by atoms with van der Waals surface area (Å²) in [6.07, 6.45) is 2.07. The summed E-state index contributed by atoms with van der Waals surface area (Å²) >= 11 is 1.80. The molecule has 0 radical (unpaired) electrons. The van der Waals surface area contributed by atoms with Gasteiger partial charge in [0.15, 0.2) is 0 Å². The van der Waals surface area contributed by atoms with Gasteiger partial charge in [-0.15, -0.1) is 0 Å². The van der Waals surface area contributed by atoms with Gasteiger partial charge in [0, 0.05) is 18.8 Å². The first-order chi connectivity index (χ1) is 8.24. The molecule has 0 saturated heterocycles. The lowest BCUT2D eigenvalue weighted by Gasteiger charge is -2.07. The highest BCUT2D eigenvalue weighted by Crippen LogP contribution is 2.11. The van der Waals surface area contributed by atoms with E-state index in [2.05, 4.69) is 11.6 Å². The Morgan fingerprint density at radius 2 is 2.06 bits per heavy atom. The second kappa shape index (κ2) is 7.97. The van der Waals surface area contributed by atoms with E-state index < -0.39 is 5.97 Å². The quantitative estimate of drug-likeness (QED) is 0.693. The lowest BCUT2D eigenvalue weighted by atomic mass is 10.2. The Labute approximate surface area is 105 Å². The molecule has 0 fully saturated rings. The van der Waals surface area contributed by atoms with Crippen LogP contribution in [0.15, 0.2) is 24.3 Å². The van der Waals surface area contributed by atoms with E-state index in [1.54, 1.807) is 36.0 Å². The standard InChI is InChI=1S/C12H17NO3S/c1-17-9-7-13-6-8-16-11-4-2-10(3-5-11)12(14)15/h2-5,13H,6-9H2,1H3,(H,14,15). The van der Waals surface area contributed by atoms with E-state index in [0.717, 1.165) is 18.8 Å². The highest BCUT2D eigenvalue weighted by Gasteiger charge is 2.01. The maximum Gasteiger partial charge on any atom is 0.335 e. The van der Waals surface area contributed by atoms with Gasteiger partial charge in [0.1, 0.15) is 12.4 Å². The summed E-state index contributed by atoms with van der Waals surface area (Å²) in [6, 6.07) is 6.42. The molecule has 0 heterocycles. The van der Waals surface area contributed by atoms with Crippen molar-refractivity contribution in [2.45, 2.75) is 0 Å². The van der Waals surface area contributed by atoms with Crippen LogP contribution in [0.3, 0.4) is 0 Å². The van der Waals surface area contributed by atoms with Crippen LogP contribution in [-0.4, -0.2) is 42.8 Å². The van der Waals surface area contributed by atoms with Gasteiger partial charge in [-0.05, 0) is 30.5 Å². The van der Waals surface area contributed by atoms with E-state index in [4.69, 9.17) is 9.84 Å². The van der Waals surface area contributed by atoms with Crippen molar-refractivity contribution in [2.24, 2.45) is 0 Å². The molecule has 0 unspecified atom stereocenters. The van der Waals surface area contributed by atoms with Gasteiger partial charge in [0.05, 0.1) is 5.56 Å². The predicted molar refractivity (Wildman–Crippen MR) is 70.1 cm³/mol. The number of rotatable bonds is 8. The van der Waals surface area contributed by atoms with Crippen molar-refractivity contribution in [3.05, 3.63) is 29.8 Å². The zero-order valence-corrected chi connectivity index (χ0v) is 10.6. The molecule has 94 valence electrons. The number of ether oxygens (including phenoxy) is 1. The largest absolute Gasteiger partial charge is 0.492 e. The van der Waals surface area contributed by atoms with Crippen LogP contribution in [0.25, 0.3) is 0 Å². The fraction of sp³-hybridized carbons (Fsp3) is 0.417. The first-order valence-electron chi connectivity index (χ1n) is 5.40. The second-order valence-corrected chi connectivity index (χ2v) is 4.41. The van der Waals surface area contributed by atoms with Gasteiger partial charge in [-0.1, -0.05) is 0 Å². The summed E-state index contributed by atoms with van der Waals surface area (Å²) in [5.41, 5.74) is 0.274. The molecular weight excluding hydrogens is 238 g/mol. The van der Waals surface area contributed by atoms with Gasteiger partial charge < -0.3 is 15.2 Å². The minimum atomic E-state index is -0.921. The number of carboxylic acids is 1. The van der Waals surface area contributed by atoms with Crippen LogP contribution in [0.1, 0.15) is 10.4 Å². The number of benzene rings is 1. The van der Waals surface area contributed by atoms with Gasteiger partial charge in [-0.3, -0.25) is 0 Å². The topological polar surface area (TPSA) is 58.6 Å². The van der Waals surface area contributed by atoms with Crippen LogP contribution in [0.5, 0.6) is 5.75 Å². The second-order valence-electron chi connectivity index (χ2n) is 3.42. The third kappa shape index (κ3) is 5.60. The zero-order valence-electron chi connectivity index (χ0n) is 9.81. The Balaban J connectivity index is 2.21. The summed E-state index contributed by atoms with van der Waals surface area (Å²) in [5, 5.41) is 12.0. The summed E-state index contributed by atoms with van der Waals surface area (Å²) in [6.45, 7) is 2.35. The molecule has 0 bridgehead atoms. The van der Waals surface area contributed by atoms with Gasteiger partial charge in [-0.2, -0.15) is 11.8 Å². The predicted octanol–water partition coefficient (Wildman–Crippen LogP) is 1.72. The summed E-state index contributed by atoms with van der Waals surface area (Å²) < 4.78 is 5.46. The molecule has 0 aliphatic rings. The first kappa shape index (κ1) is 13.9. The number of nitrogens with one attached hydrogen (secondary N) is 1. The van der Waals surface area contributed by atoms with Crippen molar-refractivity contribution >= 4 is 17.7 Å². The number of hydrogen-bond acceptors (Lipinski definition) is 4. The Kier molecular flexibility index (Phi) is 6.50. The smallest absolute Gasteiger partial charge is 0.335 e. The highest BCUT2D eigenvalue weighted by molar-refractivity contribution is 7.98. The average molecular weight is 255 g/mol. The van der Waals surface area contributed by atoms with E-state index in [0.29, 0.717) is 12.4 Å². The number of aromatic carboxylic acids is 1. The Bertz CT molecular complexity index is 340. The average Bonchev–Trinajstić information content (AvgIpc) is 2.34. The third-order valence-electron chi connectivity index (χ3n) is 2.13. The number of carbonyl (C=O) groups is 1. The number of thioether (sulfide) groups is 1. The SMILES string of the molecule is CSCCNCCOc1ccc(C(=O)O)cc1. The number of hydrogen-bond donors (Lipinski definition) is 2.